The van der Waals surface area contributed by atoms with Crippen LogP contribution in [0.3, 0.4) is 0 Å². The van der Waals surface area contributed by atoms with E-state index in [-0.39, 0.29) is 5.91 Å². The Morgan fingerprint density at radius 2 is 2.24 bits per heavy atom. The Kier molecular flexibility index (Phi) is 4.09. The third-order valence-electron chi connectivity index (χ3n) is 2.79. The number of aromatic nitrogens is 1. The first-order chi connectivity index (χ1) is 8.25. The number of hydrogen-bond acceptors (Lipinski definition) is 3. The maximum atomic E-state index is 11.7. The van der Waals surface area contributed by atoms with Gasteiger partial charge in [0.2, 0.25) is 0 Å². The summed E-state index contributed by atoms with van der Waals surface area (Å²) < 4.78 is 0. The van der Waals surface area contributed by atoms with Gasteiger partial charge >= 0.3 is 0 Å². The van der Waals surface area contributed by atoms with Gasteiger partial charge in [0.05, 0.1) is 5.56 Å². The number of nitrogens with one attached hydrogen (secondary N) is 2. The van der Waals surface area contributed by atoms with Crippen LogP contribution in [0, 0.1) is 6.92 Å². The zero-order valence-electron chi connectivity index (χ0n) is 10.2. The Balaban J connectivity index is 1.65. The van der Waals surface area contributed by atoms with Crippen molar-refractivity contribution in [2.75, 3.05) is 13.1 Å². The highest BCUT2D eigenvalue weighted by molar-refractivity contribution is 5.93. The Labute approximate surface area is 102 Å². The van der Waals surface area contributed by atoms with E-state index < -0.39 is 0 Å². The lowest BCUT2D eigenvalue weighted by Gasteiger charge is -2.06. The molecule has 1 fully saturated rings. The number of carbonyl (C=O) groups is 1. The van der Waals surface area contributed by atoms with Crippen LogP contribution >= 0.6 is 0 Å². The Hall–Kier alpha value is -1.42. The van der Waals surface area contributed by atoms with Crippen molar-refractivity contribution in [3.05, 3.63) is 29.6 Å². The number of aryl methyl sites for hydroxylation is 1. The third-order valence-corrected chi connectivity index (χ3v) is 2.79. The van der Waals surface area contributed by atoms with Crippen molar-refractivity contribution in [3.63, 3.8) is 0 Å². The molecule has 1 aliphatic carbocycles. The van der Waals surface area contributed by atoms with Gasteiger partial charge in [0.1, 0.15) is 0 Å². The Morgan fingerprint density at radius 3 is 2.94 bits per heavy atom. The highest BCUT2D eigenvalue weighted by atomic mass is 16.1. The molecular weight excluding hydrogens is 214 g/mol. The summed E-state index contributed by atoms with van der Waals surface area (Å²) in [7, 11) is 0. The number of pyridine rings is 1. The van der Waals surface area contributed by atoms with Gasteiger partial charge in [0.15, 0.2) is 0 Å². The first kappa shape index (κ1) is 12.0. The molecule has 4 heteroatoms. The molecule has 0 bridgehead atoms. The van der Waals surface area contributed by atoms with Gasteiger partial charge in [-0.25, -0.2) is 0 Å². The molecule has 0 atom stereocenters. The zero-order chi connectivity index (χ0) is 12.1. The largest absolute Gasteiger partial charge is 0.352 e. The summed E-state index contributed by atoms with van der Waals surface area (Å²) in [6, 6.07) is 2.59. The van der Waals surface area contributed by atoms with Gasteiger partial charge in [0.25, 0.3) is 5.91 Å². The first-order valence-electron chi connectivity index (χ1n) is 6.19. The fourth-order valence-corrected chi connectivity index (χ4v) is 1.67. The van der Waals surface area contributed by atoms with Crippen LogP contribution in [0.5, 0.6) is 0 Å². The summed E-state index contributed by atoms with van der Waals surface area (Å²) in [4.78, 5) is 15.7. The van der Waals surface area contributed by atoms with Crippen molar-refractivity contribution in [1.82, 2.24) is 15.6 Å². The second kappa shape index (κ2) is 5.77. The lowest BCUT2D eigenvalue weighted by molar-refractivity contribution is 0.0953. The predicted molar refractivity (Wildman–Crippen MR) is 66.9 cm³/mol. The van der Waals surface area contributed by atoms with Gasteiger partial charge in [-0.15, -0.1) is 0 Å². The van der Waals surface area contributed by atoms with E-state index in [1.807, 2.05) is 13.0 Å². The van der Waals surface area contributed by atoms with Crippen molar-refractivity contribution >= 4 is 5.91 Å². The highest BCUT2D eigenvalue weighted by Gasteiger charge is 2.19. The highest BCUT2D eigenvalue weighted by Crippen LogP contribution is 2.18. The normalized spacial score (nSPS) is 14.6. The van der Waals surface area contributed by atoms with Crippen molar-refractivity contribution < 1.29 is 4.79 Å². The SMILES string of the molecule is Cc1cncc(C(=O)NCCCNC2CC2)c1. The molecule has 0 spiro atoms. The number of amides is 1. The average molecular weight is 233 g/mol. The molecule has 92 valence electrons. The number of rotatable bonds is 6. The fraction of sp³-hybridized carbons (Fsp3) is 0.538. The van der Waals surface area contributed by atoms with E-state index in [1.165, 1.54) is 12.8 Å². The zero-order valence-corrected chi connectivity index (χ0v) is 10.2. The minimum Gasteiger partial charge on any atom is -0.352 e. The standard InChI is InChI=1S/C13H19N3O/c1-10-7-11(9-14-8-10)13(17)16-6-2-5-15-12-3-4-12/h7-9,12,15H,2-6H2,1H3,(H,16,17). The van der Waals surface area contributed by atoms with Crippen molar-refractivity contribution in [2.24, 2.45) is 0 Å². The minimum absolute atomic E-state index is 0.0346. The van der Waals surface area contributed by atoms with E-state index in [2.05, 4.69) is 15.6 Å². The maximum absolute atomic E-state index is 11.7. The van der Waals surface area contributed by atoms with Gasteiger partial charge in [-0.2, -0.15) is 0 Å². The molecule has 0 saturated heterocycles. The molecule has 1 aromatic heterocycles. The van der Waals surface area contributed by atoms with Crippen LogP contribution in [-0.2, 0) is 0 Å². The van der Waals surface area contributed by atoms with Gasteiger partial charge < -0.3 is 10.6 Å². The van der Waals surface area contributed by atoms with Gasteiger partial charge in [0, 0.05) is 25.0 Å². The second-order valence-electron chi connectivity index (χ2n) is 4.59. The van der Waals surface area contributed by atoms with Crippen LogP contribution in [-0.4, -0.2) is 30.0 Å². The molecular formula is C13H19N3O. The quantitative estimate of drug-likeness (QED) is 0.727. The van der Waals surface area contributed by atoms with Crippen molar-refractivity contribution in [3.8, 4) is 0 Å². The van der Waals surface area contributed by atoms with E-state index in [4.69, 9.17) is 0 Å². The minimum atomic E-state index is -0.0346. The summed E-state index contributed by atoms with van der Waals surface area (Å²) in [5.74, 6) is -0.0346. The second-order valence-corrected chi connectivity index (χ2v) is 4.59. The molecule has 2 rings (SSSR count). The molecule has 0 aromatic carbocycles. The van der Waals surface area contributed by atoms with Crippen LogP contribution in [0.4, 0.5) is 0 Å². The van der Waals surface area contributed by atoms with E-state index in [0.29, 0.717) is 12.1 Å². The Bertz CT molecular complexity index is 388. The topological polar surface area (TPSA) is 54.0 Å². The van der Waals surface area contributed by atoms with E-state index in [0.717, 1.165) is 24.6 Å². The van der Waals surface area contributed by atoms with Crippen LogP contribution in [0.2, 0.25) is 0 Å². The molecule has 0 radical (unpaired) electrons. The molecule has 1 aliphatic rings. The summed E-state index contributed by atoms with van der Waals surface area (Å²) in [5, 5.41) is 6.32. The van der Waals surface area contributed by atoms with E-state index >= 15 is 0 Å². The van der Waals surface area contributed by atoms with E-state index in [1.54, 1.807) is 12.4 Å². The Morgan fingerprint density at radius 1 is 1.41 bits per heavy atom. The summed E-state index contributed by atoms with van der Waals surface area (Å²) in [5.41, 5.74) is 1.65. The number of nitrogens with zero attached hydrogens (tertiary/aromatic N) is 1. The molecule has 1 saturated carbocycles. The van der Waals surface area contributed by atoms with Crippen LogP contribution in [0.25, 0.3) is 0 Å². The predicted octanol–water partition coefficient (Wildman–Crippen LogP) is 1.26. The smallest absolute Gasteiger partial charge is 0.252 e. The molecule has 1 aromatic rings. The third kappa shape index (κ3) is 4.15. The summed E-state index contributed by atoms with van der Waals surface area (Å²) >= 11 is 0. The van der Waals surface area contributed by atoms with Gasteiger partial charge in [-0.1, -0.05) is 0 Å². The molecule has 1 amide bonds. The number of hydrogen-bond donors (Lipinski definition) is 2. The first-order valence-corrected chi connectivity index (χ1v) is 6.19. The molecule has 4 nitrogen and oxygen atoms in total. The monoisotopic (exact) mass is 233 g/mol. The average Bonchev–Trinajstić information content (AvgIpc) is 3.12. The fourth-order valence-electron chi connectivity index (χ4n) is 1.67. The van der Waals surface area contributed by atoms with Crippen molar-refractivity contribution in [1.29, 1.82) is 0 Å². The number of carbonyl (C=O) groups excluding carboxylic acids is 1. The lowest BCUT2D eigenvalue weighted by Crippen LogP contribution is -2.28. The molecule has 0 unspecified atom stereocenters. The van der Waals surface area contributed by atoms with Gasteiger partial charge in [-0.3, -0.25) is 9.78 Å². The lowest BCUT2D eigenvalue weighted by atomic mass is 10.2. The maximum Gasteiger partial charge on any atom is 0.252 e. The van der Waals surface area contributed by atoms with Crippen molar-refractivity contribution in [2.45, 2.75) is 32.2 Å². The van der Waals surface area contributed by atoms with Crippen LogP contribution in [0.1, 0.15) is 35.2 Å². The molecule has 1 heterocycles. The molecule has 17 heavy (non-hydrogen) atoms. The molecule has 0 aliphatic heterocycles. The summed E-state index contributed by atoms with van der Waals surface area (Å²) in [6.45, 7) is 3.63. The van der Waals surface area contributed by atoms with Crippen LogP contribution in [0.15, 0.2) is 18.5 Å². The molecule has 2 N–H and O–H groups in total. The van der Waals surface area contributed by atoms with Gasteiger partial charge in [-0.05, 0) is 44.4 Å². The van der Waals surface area contributed by atoms with Crippen LogP contribution < -0.4 is 10.6 Å². The summed E-state index contributed by atoms with van der Waals surface area (Å²) in [6.07, 6.45) is 6.94. The van der Waals surface area contributed by atoms with E-state index in [9.17, 15) is 4.79 Å².